The van der Waals surface area contributed by atoms with Crippen LogP contribution in [-0.2, 0) is 26.2 Å². The van der Waals surface area contributed by atoms with Gasteiger partial charge in [0.1, 0.15) is 0 Å². The molecule has 1 heterocycles. The molecular weight excluding hydrogens is 536 g/mol. The van der Waals surface area contributed by atoms with Crippen LogP contribution in [0, 0.1) is 0 Å². The second-order valence-electron chi connectivity index (χ2n) is 15.5. The van der Waals surface area contributed by atoms with Gasteiger partial charge < -0.3 is 0 Å². The summed E-state index contributed by atoms with van der Waals surface area (Å²) in [6.45, 7) is 23.6. The first-order valence-electron chi connectivity index (χ1n) is 18.3. The van der Waals surface area contributed by atoms with Crippen LogP contribution in [0.3, 0.4) is 0 Å². The maximum Gasteiger partial charge on any atom is 0.0258 e. The lowest BCUT2D eigenvalue weighted by molar-refractivity contribution is 0.00585. The first kappa shape index (κ1) is 33.6. The van der Waals surface area contributed by atoms with Crippen LogP contribution in [0.15, 0.2) is 48.5 Å². The van der Waals surface area contributed by atoms with E-state index < -0.39 is 0 Å². The van der Waals surface area contributed by atoms with E-state index in [4.69, 9.17) is 0 Å². The minimum absolute atomic E-state index is 0.518. The molecular formula is C40H64N4. The maximum atomic E-state index is 2.86. The molecule has 2 fully saturated rings. The third-order valence-corrected chi connectivity index (χ3v) is 11.2. The highest BCUT2D eigenvalue weighted by Gasteiger charge is 2.38. The topological polar surface area (TPSA) is 13.0 Å². The van der Waals surface area contributed by atoms with E-state index in [9.17, 15) is 0 Å². The predicted octanol–water partition coefficient (Wildman–Crippen LogP) is 8.86. The van der Waals surface area contributed by atoms with Crippen molar-refractivity contribution in [2.75, 3.05) is 0 Å². The molecule has 0 amide bonds. The number of hydrogen-bond acceptors (Lipinski definition) is 4. The Balaban J connectivity index is 1.59. The van der Waals surface area contributed by atoms with Crippen molar-refractivity contribution in [3.05, 3.63) is 70.8 Å². The summed E-state index contributed by atoms with van der Waals surface area (Å²) < 4.78 is 0. The fourth-order valence-corrected chi connectivity index (χ4v) is 8.96. The van der Waals surface area contributed by atoms with Gasteiger partial charge in [0.15, 0.2) is 0 Å². The Labute approximate surface area is 271 Å². The molecule has 4 atom stereocenters. The number of rotatable bonds is 4. The smallest absolute Gasteiger partial charge is 0.0258 e. The Bertz CT molecular complexity index is 997. The zero-order valence-electron chi connectivity index (χ0n) is 29.5. The largest absolute Gasteiger partial charge is 0.292 e. The summed E-state index contributed by atoms with van der Waals surface area (Å²) in [6, 6.07) is 23.8. The molecule has 0 saturated heterocycles. The van der Waals surface area contributed by atoms with Crippen LogP contribution < -0.4 is 0 Å². The molecule has 244 valence electrons. The molecule has 0 spiro atoms. The van der Waals surface area contributed by atoms with Gasteiger partial charge in [0, 0.05) is 74.5 Å². The van der Waals surface area contributed by atoms with E-state index in [1.54, 1.807) is 0 Å². The standard InChI is InChI=1S/C40H64N4/c1-29(2)41-25-33-15-13-16-34(23-33)27-43(31(5)6)39-21-11-12-22-40(39)44(32(7)8)28-36-18-14-17-35(24-36)26-42(30(3)4)38-20-10-9-19-37(38)41/h13-18,23-24,29-32,37-40H,9-12,19-22,25-28H2,1-8H3/t37-,38-,39-,40-/m1/s1. The molecule has 4 nitrogen and oxygen atoms in total. The van der Waals surface area contributed by atoms with E-state index >= 15 is 0 Å². The van der Waals surface area contributed by atoms with Gasteiger partial charge in [-0.25, -0.2) is 0 Å². The third-order valence-electron chi connectivity index (χ3n) is 11.2. The molecule has 3 aliphatic rings. The lowest BCUT2D eigenvalue weighted by atomic mass is 9.85. The fourth-order valence-electron chi connectivity index (χ4n) is 8.96. The van der Waals surface area contributed by atoms with Crippen molar-refractivity contribution in [3.8, 4) is 0 Å². The third kappa shape index (κ3) is 7.97. The average Bonchev–Trinajstić information content (AvgIpc) is 3.00. The molecule has 0 N–H and O–H groups in total. The van der Waals surface area contributed by atoms with Crippen molar-refractivity contribution >= 4 is 0 Å². The van der Waals surface area contributed by atoms with Gasteiger partial charge in [-0.1, -0.05) is 74.2 Å². The SMILES string of the molecule is CC(C)N1Cc2cccc(c2)CN(C(C)C)[C@@H]2CCCC[C@H]2N(C(C)C)Cc2cccc(c2)CN(C(C)C)[C@@H]2CCCC[C@H]21. The Morgan fingerprint density at radius 3 is 0.841 bits per heavy atom. The molecule has 2 aromatic rings. The summed E-state index contributed by atoms with van der Waals surface area (Å²) in [7, 11) is 0. The molecule has 4 heteroatoms. The van der Waals surface area contributed by atoms with Gasteiger partial charge in [0.25, 0.3) is 0 Å². The highest BCUT2D eigenvalue weighted by Crippen LogP contribution is 2.34. The van der Waals surface area contributed by atoms with Gasteiger partial charge in [-0.15, -0.1) is 0 Å². The second kappa shape index (κ2) is 15.2. The van der Waals surface area contributed by atoms with Crippen LogP contribution in [-0.4, -0.2) is 67.9 Å². The van der Waals surface area contributed by atoms with Crippen molar-refractivity contribution in [3.63, 3.8) is 0 Å². The van der Waals surface area contributed by atoms with E-state index in [1.807, 2.05) is 0 Å². The van der Waals surface area contributed by atoms with Gasteiger partial charge in [-0.2, -0.15) is 0 Å². The fraction of sp³-hybridized carbons (Fsp3) is 0.700. The van der Waals surface area contributed by atoms with Gasteiger partial charge >= 0.3 is 0 Å². The summed E-state index contributed by atoms with van der Waals surface area (Å²) in [5.74, 6) is 0. The van der Waals surface area contributed by atoms with Gasteiger partial charge in [-0.3, -0.25) is 19.6 Å². The Morgan fingerprint density at radius 2 is 0.636 bits per heavy atom. The summed E-state index contributed by atoms with van der Waals surface area (Å²) in [5, 5.41) is 0. The molecule has 5 rings (SSSR count). The molecule has 0 radical (unpaired) electrons. The Kier molecular flexibility index (Phi) is 11.7. The summed E-state index contributed by atoms with van der Waals surface area (Å²) >= 11 is 0. The Morgan fingerprint density at radius 1 is 0.409 bits per heavy atom. The molecule has 2 aromatic carbocycles. The van der Waals surface area contributed by atoms with Crippen LogP contribution in [0.4, 0.5) is 0 Å². The van der Waals surface area contributed by atoms with Gasteiger partial charge in [0.05, 0.1) is 0 Å². The van der Waals surface area contributed by atoms with Crippen molar-refractivity contribution in [2.24, 2.45) is 0 Å². The average molecular weight is 601 g/mol. The van der Waals surface area contributed by atoms with Crippen LogP contribution in [0.5, 0.6) is 0 Å². The monoisotopic (exact) mass is 601 g/mol. The molecule has 0 aromatic heterocycles. The van der Waals surface area contributed by atoms with E-state index in [2.05, 4.69) is 124 Å². The van der Waals surface area contributed by atoms with Gasteiger partial charge in [0.2, 0.25) is 0 Å². The van der Waals surface area contributed by atoms with Crippen molar-refractivity contribution in [1.82, 2.24) is 19.6 Å². The number of benzene rings is 2. The number of nitrogens with zero attached hydrogens (tertiary/aromatic N) is 4. The van der Waals surface area contributed by atoms with E-state index in [0.29, 0.717) is 48.3 Å². The van der Waals surface area contributed by atoms with Crippen LogP contribution in [0.25, 0.3) is 0 Å². The van der Waals surface area contributed by atoms with Gasteiger partial charge in [-0.05, 0) is 103 Å². The summed E-state index contributed by atoms with van der Waals surface area (Å²) in [6.07, 6.45) is 10.6. The molecule has 2 aliphatic carbocycles. The first-order chi connectivity index (χ1) is 21.1. The summed E-state index contributed by atoms with van der Waals surface area (Å²) in [4.78, 5) is 11.4. The summed E-state index contributed by atoms with van der Waals surface area (Å²) in [5.41, 5.74) is 5.94. The molecule has 1 aliphatic heterocycles. The zero-order valence-corrected chi connectivity index (χ0v) is 29.5. The number of hydrogen-bond donors (Lipinski definition) is 0. The number of fused-ring (bicyclic) bond motifs is 6. The zero-order chi connectivity index (χ0) is 31.4. The van der Waals surface area contributed by atoms with E-state index in [-0.39, 0.29) is 0 Å². The second-order valence-corrected chi connectivity index (χ2v) is 15.5. The van der Waals surface area contributed by atoms with E-state index in [1.165, 1.54) is 73.6 Å². The molecule has 4 bridgehead atoms. The Hall–Kier alpha value is -1.72. The van der Waals surface area contributed by atoms with Crippen molar-refractivity contribution in [2.45, 2.75) is 181 Å². The lowest BCUT2D eigenvalue weighted by Gasteiger charge is -2.49. The normalized spacial score (nSPS) is 27.4. The van der Waals surface area contributed by atoms with Crippen molar-refractivity contribution in [1.29, 1.82) is 0 Å². The predicted molar refractivity (Wildman–Crippen MR) is 188 cm³/mol. The first-order valence-corrected chi connectivity index (χ1v) is 18.3. The molecule has 44 heavy (non-hydrogen) atoms. The minimum Gasteiger partial charge on any atom is -0.292 e. The van der Waals surface area contributed by atoms with Crippen molar-refractivity contribution < 1.29 is 0 Å². The molecule has 2 saturated carbocycles. The van der Waals surface area contributed by atoms with Crippen LogP contribution in [0.1, 0.15) is 129 Å². The maximum absolute atomic E-state index is 2.86. The minimum atomic E-state index is 0.518. The van der Waals surface area contributed by atoms with Crippen LogP contribution >= 0.6 is 0 Å². The quantitative estimate of drug-likeness (QED) is 0.347. The highest BCUT2D eigenvalue weighted by molar-refractivity contribution is 5.26. The molecule has 0 unspecified atom stereocenters. The van der Waals surface area contributed by atoms with E-state index in [0.717, 1.165) is 26.2 Å². The highest BCUT2D eigenvalue weighted by atomic mass is 15.3. The van der Waals surface area contributed by atoms with Crippen LogP contribution in [0.2, 0.25) is 0 Å². The lowest BCUT2D eigenvalue weighted by Crippen LogP contribution is -2.56.